The van der Waals surface area contributed by atoms with Crippen LogP contribution in [-0.4, -0.2) is 29.1 Å². The van der Waals surface area contributed by atoms with Gasteiger partial charge < -0.3 is 20.4 Å². The Balaban J connectivity index is 1.44. The van der Waals surface area contributed by atoms with Gasteiger partial charge in [-0.25, -0.2) is 4.79 Å². The number of H-pyrrole nitrogens is 1. The van der Waals surface area contributed by atoms with E-state index in [1.165, 1.54) is 6.42 Å². The van der Waals surface area contributed by atoms with Crippen molar-refractivity contribution < 1.29 is 14.3 Å². The zero-order valence-corrected chi connectivity index (χ0v) is 17.6. The second kappa shape index (κ2) is 10.2. The van der Waals surface area contributed by atoms with Gasteiger partial charge in [0.2, 0.25) is 5.91 Å². The average molecular weight is 420 g/mol. The number of nitrogens with one attached hydrogen (secondary N) is 3. The molecule has 0 aliphatic heterocycles. The summed E-state index contributed by atoms with van der Waals surface area (Å²) in [5, 5.41) is 6.98. The molecule has 162 valence electrons. The number of fused-ring (bicyclic) bond motifs is 1. The van der Waals surface area contributed by atoms with Crippen molar-refractivity contribution in [3.63, 3.8) is 0 Å². The van der Waals surface area contributed by atoms with Crippen LogP contribution in [0.4, 0.5) is 4.79 Å². The Bertz CT molecular complexity index is 1010. The zero-order chi connectivity index (χ0) is 21.5. The molecule has 1 aliphatic rings. The van der Waals surface area contributed by atoms with Gasteiger partial charge in [-0.2, -0.15) is 0 Å². The van der Waals surface area contributed by atoms with Crippen molar-refractivity contribution in [2.75, 3.05) is 0 Å². The van der Waals surface area contributed by atoms with E-state index in [4.69, 9.17) is 4.74 Å². The SMILES string of the molecule is O=C(N[C@H](Cc1c[nH]c2ccccc12)C(=O)NC1CCCCC1)OCc1ccccc1. The van der Waals surface area contributed by atoms with Crippen molar-refractivity contribution in [3.05, 3.63) is 71.9 Å². The molecule has 1 heterocycles. The molecule has 1 fully saturated rings. The number of aromatic amines is 1. The number of rotatable bonds is 7. The monoisotopic (exact) mass is 419 g/mol. The number of para-hydroxylation sites is 1. The quantitative estimate of drug-likeness (QED) is 0.529. The van der Waals surface area contributed by atoms with Gasteiger partial charge in [0.05, 0.1) is 0 Å². The predicted molar refractivity (Wildman–Crippen MR) is 121 cm³/mol. The molecule has 31 heavy (non-hydrogen) atoms. The highest BCUT2D eigenvalue weighted by atomic mass is 16.5. The molecule has 0 unspecified atom stereocenters. The summed E-state index contributed by atoms with van der Waals surface area (Å²) in [6, 6.07) is 16.9. The summed E-state index contributed by atoms with van der Waals surface area (Å²) in [6.45, 7) is 0.163. The van der Waals surface area contributed by atoms with Gasteiger partial charge in [-0.3, -0.25) is 4.79 Å². The normalized spacial score (nSPS) is 15.4. The molecule has 3 N–H and O–H groups in total. The van der Waals surface area contributed by atoms with Crippen LogP contribution in [0.5, 0.6) is 0 Å². The first kappa shape index (κ1) is 21.0. The summed E-state index contributed by atoms with van der Waals surface area (Å²) in [5.74, 6) is -0.158. The summed E-state index contributed by atoms with van der Waals surface area (Å²) in [7, 11) is 0. The minimum absolute atomic E-state index is 0.158. The van der Waals surface area contributed by atoms with Crippen molar-refractivity contribution in [1.82, 2.24) is 15.6 Å². The van der Waals surface area contributed by atoms with Crippen LogP contribution in [0.3, 0.4) is 0 Å². The van der Waals surface area contributed by atoms with Crippen molar-refractivity contribution in [2.45, 2.75) is 57.2 Å². The molecule has 0 radical (unpaired) electrons. The lowest BCUT2D eigenvalue weighted by atomic mass is 9.95. The van der Waals surface area contributed by atoms with E-state index in [1.54, 1.807) is 0 Å². The van der Waals surface area contributed by atoms with Crippen LogP contribution in [0.2, 0.25) is 0 Å². The Kier molecular flexibility index (Phi) is 6.87. The zero-order valence-electron chi connectivity index (χ0n) is 17.6. The first-order valence-electron chi connectivity index (χ1n) is 11.0. The summed E-state index contributed by atoms with van der Waals surface area (Å²) in [5.41, 5.74) is 2.90. The number of carbonyl (C=O) groups excluding carboxylic acids is 2. The molecule has 1 saturated carbocycles. The van der Waals surface area contributed by atoms with Gasteiger partial charge in [0.25, 0.3) is 0 Å². The van der Waals surface area contributed by atoms with Gasteiger partial charge in [0.1, 0.15) is 12.6 Å². The highest BCUT2D eigenvalue weighted by molar-refractivity contribution is 5.88. The second-order valence-corrected chi connectivity index (χ2v) is 8.17. The third-order valence-electron chi connectivity index (χ3n) is 5.87. The number of hydrogen-bond donors (Lipinski definition) is 3. The fourth-order valence-corrected chi connectivity index (χ4v) is 4.19. The molecule has 1 aliphatic carbocycles. The van der Waals surface area contributed by atoms with Crippen molar-refractivity contribution in [1.29, 1.82) is 0 Å². The number of ether oxygens (including phenoxy) is 1. The fraction of sp³-hybridized carbons (Fsp3) is 0.360. The van der Waals surface area contributed by atoms with Gasteiger partial charge in [-0.1, -0.05) is 67.8 Å². The van der Waals surface area contributed by atoms with E-state index < -0.39 is 12.1 Å². The minimum Gasteiger partial charge on any atom is -0.445 e. The molecule has 0 spiro atoms. The topological polar surface area (TPSA) is 83.2 Å². The minimum atomic E-state index is -0.704. The van der Waals surface area contributed by atoms with Crippen LogP contribution in [0, 0.1) is 0 Å². The number of alkyl carbamates (subject to hydrolysis) is 1. The summed E-state index contributed by atoms with van der Waals surface area (Å²) < 4.78 is 5.37. The first-order valence-corrected chi connectivity index (χ1v) is 11.0. The Morgan fingerprint density at radius 3 is 2.55 bits per heavy atom. The van der Waals surface area contributed by atoms with Gasteiger partial charge >= 0.3 is 6.09 Å². The molecule has 6 heteroatoms. The maximum atomic E-state index is 13.1. The maximum absolute atomic E-state index is 13.1. The third-order valence-corrected chi connectivity index (χ3v) is 5.87. The molecule has 2 aromatic carbocycles. The Morgan fingerprint density at radius 2 is 1.74 bits per heavy atom. The van der Waals surface area contributed by atoms with Crippen molar-refractivity contribution in [2.24, 2.45) is 0 Å². The van der Waals surface area contributed by atoms with Crippen LogP contribution in [0.1, 0.15) is 43.2 Å². The lowest BCUT2D eigenvalue weighted by Gasteiger charge is -2.26. The molecular formula is C25H29N3O3. The van der Waals surface area contributed by atoms with Crippen LogP contribution in [-0.2, 0) is 22.6 Å². The van der Waals surface area contributed by atoms with E-state index in [0.717, 1.165) is 47.7 Å². The fourth-order valence-electron chi connectivity index (χ4n) is 4.19. The van der Waals surface area contributed by atoms with Crippen LogP contribution < -0.4 is 10.6 Å². The molecule has 6 nitrogen and oxygen atoms in total. The van der Waals surface area contributed by atoms with Crippen LogP contribution in [0.15, 0.2) is 60.8 Å². The Labute approximate surface area is 182 Å². The van der Waals surface area contributed by atoms with E-state index in [1.807, 2.05) is 60.8 Å². The van der Waals surface area contributed by atoms with E-state index >= 15 is 0 Å². The van der Waals surface area contributed by atoms with Crippen molar-refractivity contribution >= 4 is 22.9 Å². The highest BCUT2D eigenvalue weighted by Gasteiger charge is 2.26. The molecule has 1 atom stereocenters. The van der Waals surface area contributed by atoms with E-state index in [0.29, 0.717) is 6.42 Å². The first-order chi connectivity index (χ1) is 15.2. The number of hydrogen-bond acceptors (Lipinski definition) is 3. The lowest BCUT2D eigenvalue weighted by Crippen LogP contribution is -2.51. The molecule has 3 aromatic rings. The lowest BCUT2D eigenvalue weighted by molar-refractivity contribution is -0.124. The summed E-state index contributed by atoms with van der Waals surface area (Å²) >= 11 is 0. The maximum Gasteiger partial charge on any atom is 0.408 e. The molecule has 4 rings (SSSR count). The third kappa shape index (κ3) is 5.66. The number of amides is 2. The van der Waals surface area contributed by atoms with E-state index in [9.17, 15) is 9.59 Å². The number of aromatic nitrogens is 1. The standard InChI is InChI=1S/C25H29N3O3/c29-24(27-20-11-5-2-6-12-20)23(15-19-16-26-22-14-8-7-13-21(19)22)28-25(30)31-17-18-9-3-1-4-10-18/h1,3-4,7-10,13-14,16,20,23,26H,2,5-6,11-12,15,17H2,(H,27,29)(H,28,30)/t23-/m1/s1. The molecule has 0 saturated heterocycles. The largest absolute Gasteiger partial charge is 0.445 e. The second-order valence-electron chi connectivity index (χ2n) is 8.17. The highest BCUT2D eigenvalue weighted by Crippen LogP contribution is 2.20. The van der Waals surface area contributed by atoms with Gasteiger partial charge in [0.15, 0.2) is 0 Å². The van der Waals surface area contributed by atoms with E-state index in [2.05, 4.69) is 15.6 Å². The van der Waals surface area contributed by atoms with Crippen LogP contribution in [0.25, 0.3) is 10.9 Å². The van der Waals surface area contributed by atoms with Crippen LogP contribution >= 0.6 is 0 Å². The smallest absolute Gasteiger partial charge is 0.408 e. The molecule has 1 aromatic heterocycles. The van der Waals surface area contributed by atoms with E-state index in [-0.39, 0.29) is 18.6 Å². The number of carbonyl (C=O) groups is 2. The molecule has 2 amide bonds. The number of benzene rings is 2. The van der Waals surface area contributed by atoms with Crippen molar-refractivity contribution in [3.8, 4) is 0 Å². The van der Waals surface area contributed by atoms with Gasteiger partial charge in [-0.15, -0.1) is 0 Å². The Morgan fingerprint density at radius 1 is 1.00 bits per heavy atom. The van der Waals surface area contributed by atoms with Gasteiger partial charge in [-0.05, 0) is 30.0 Å². The van der Waals surface area contributed by atoms with Gasteiger partial charge in [0, 0.05) is 29.6 Å². The average Bonchev–Trinajstić information content (AvgIpc) is 3.21. The molecular weight excluding hydrogens is 390 g/mol. The Hall–Kier alpha value is -3.28. The summed E-state index contributed by atoms with van der Waals surface area (Å²) in [4.78, 5) is 28.8. The molecule has 0 bridgehead atoms. The summed E-state index contributed by atoms with van der Waals surface area (Å²) in [6.07, 6.45) is 7.16. The predicted octanol–water partition coefficient (Wildman–Crippen LogP) is 4.45.